The number of hydrogen-bond donors (Lipinski definition) is 1. The highest BCUT2D eigenvalue weighted by molar-refractivity contribution is 5.94. The van der Waals surface area contributed by atoms with Gasteiger partial charge in [-0.2, -0.15) is 13.2 Å². The summed E-state index contributed by atoms with van der Waals surface area (Å²) in [5, 5.41) is 2.81. The van der Waals surface area contributed by atoms with E-state index in [9.17, 15) is 22.8 Å². The Balaban J connectivity index is 1.83. The topological polar surface area (TPSA) is 61.9 Å². The zero-order valence-electron chi connectivity index (χ0n) is 15.4. The van der Waals surface area contributed by atoms with Gasteiger partial charge < -0.3 is 15.0 Å². The summed E-state index contributed by atoms with van der Waals surface area (Å²) in [5.74, 6) is -0.425. The molecule has 1 aliphatic rings. The predicted molar refractivity (Wildman–Crippen MR) is 94.5 cm³/mol. The Bertz CT molecular complexity index is 641. The van der Waals surface area contributed by atoms with Crippen LogP contribution in [-0.4, -0.2) is 66.6 Å². The van der Waals surface area contributed by atoms with E-state index in [-0.39, 0.29) is 19.0 Å². The van der Waals surface area contributed by atoms with E-state index in [0.717, 1.165) is 0 Å². The fourth-order valence-electron chi connectivity index (χ4n) is 2.86. The molecule has 1 saturated heterocycles. The molecule has 1 fully saturated rings. The van der Waals surface area contributed by atoms with Gasteiger partial charge in [-0.15, -0.1) is 0 Å². The number of halogens is 3. The third-order valence-corrected chi connectivity index (χ3v) is 4.38. The Morgan fingerprint density at radius 3 is 2.26 bits per heavy atom. The monoisotopic (exact) mass is 387 g/mol. The van der Waals surface area contributed by atoms with Crippen LogP contribution in [-0.2, 0) is 9.59 Å². The van der Waals surface area contributed by atoms with Gasteiger partial charge in [-0.1, -0.05) is 0 Å². The summed E-state index contributed by atoms with van der Waals surface area (Å²) in [4.78, 5) is 27.1. The molecule has 150 valence electrons. The minimum Gasteiger partial charge on any atom is -0.494 e. The first-order valence-corrected chi connectivity index (χ1v) is 8.82. The fourth-order valence-corrected chi connectivity index (χ4v) is 2.86. The maximum atomic E-state index is 12.4. The van der Waals surface area contributed by atoms with E-state index < -0.39 is 24.5 Å². The third-order valence-electron chi connectivity index (χ3n) is 4.38. The summed E-state index contributed by atoms with van der Waals surface area (Å²) in [6.07, 6.45) is -5.94. The van der Waals surface area contributed by atoms with Crippen molar-refractivity contribution in [3.63, 3.8) is 0 Å². The number of hydrogen-bond acceptors (Lipinski definition) is 4. The van der Waals surface area contributed by atoms with Gasteiger partial charge in [-0.25, -0.2) is 0 Å². The van der Waals surface area contributed by atoms with Gasteiger partial charge in [0.2, 0.25) is 11.8 Å². The summed E-state index contributed by atoms with van der Waals surface area (Å²) >= 11 is 0. The molecular weight excluding hydrogens is 363 g/mol. The van der Waals surface area contributed by atoms with E-state index in [2.05, 4.69) is 5.32 Å². The number of nitrogens with one attached hydrogen (secondary N) is 1. The fraction of sp³-hybridized carbons (Fsp3) is 0.556. The Morgan fingerprint density at radius 1 is 1.15 bits per heavy atom. The Labute approximate surface area is 156 Å². The first kappa shape index (κ1) is 21.0. The molecule has 6 nitrogen and oxygen atoms in total. The molecule has 1 atom stereocenters. The van der Waals surface area contributed by atoms with Gasteiger partial charge in [0.15, 0.2) is 0 Å². The molecule has 1 unspecified atom stereocenters. The van der Waals surface area contributed by atoms with Crippen LogP contribution < -0.4 is 10.1 Å². The van der Waals surface area contributed by atoms with Crippen molar-refractivity contribution in [3.8, 4) is 5.75 Å². The highest BCUT2D eigenvalue weighted by atomic mass is 19.4. The molecule has 9 heteroatoms. The van der Waals surface area contributed by atoms with E-state index in [0.29, 0.717) is 31.1 Å². The second-order valence-corrected chi connectivity index (χ2v) is 6.33. The van der Waals surface area contributed by atoms with Crippen LogP contribution in [0.4, 0.5) is 18.9 Å². The van der Waals surface area contributed by atoms with Crippen molar-refractivity contribution in [2.75, 3.05) is 38.1 Å². The third kappa shape index (κ3) is 6.42. The number of carbonyl (C=O) groups is 2. The number of piperazine rings is 1. The average Bonchev–Trinajstić information content (AvgIpc) is 2.61. The van der Waals surface area contributed by atoms with Gasteiger partial charge in [0.25, 0.3) is 0 Å². The summed E-state index contributed by atoms with van der Waals surface area (Å²) in [7, 11) is 0. The molecule has 2 amide bonds. The number of alkyl halides is 3. The molecule has 1 heterocycles. The molecule has 0 aliphatic carbocycles. The number of anilines is 1. The van der Waals surface area contributed by atoms with Gasteiger partial charge in [0, 0.05) is 31.9 Å². The number of benzene rings is 1. The van der Waals surface area contributed by atoms with Gasteiger partial charge in [-0.05, 0) is 38.1 Å². The smallest absolute Gasteiger partial charge is 0.397 e. The standard InChI is InChI=1S/C18H24F3N3O3/c1-3-27-15-6-4-14(5-7-15)22-17(26)13(2)23-8-10-24(11-9-23)16(25)12-18(19,20)21/h4-7,13H,3,8-12H2,1-2H3,(H,22,26). The van der Waals surface area contributed by atoms with Crippen LogP contribution in [0.15, 0.2) is 24.3 Å². The Hall–Kier alpha value is -2.29. The zero-order valence-corrected chi connectivity index (χ0v) is 15.4. The molecule has 0 saturated carbocycles. The Morgan fingerprint density at radius 2 is 1.74 bits per heavy atom. The van der Waals surface area contributed by atoms with Crippen LogP contribution in [0.5, 0.6) is 5.75 Å². The van der Waals surface area contributed by atoms with Crippen molar-refractivity contribution >= 4 is 17.5 Å². The number of nitrogens with zero attached hydrogens (tertiary/aromatic N) is 2. The van der Waals surface area contributed by atoms with Gasteiger partial charge in [0.05, 0.1) is 12.6 Å². The van der Waals surface area contributed by atoms with Crippen LogP contribution >= 0.6 is 0 Å². The van der Waals surface area contributed by atoms with Crippen molar-refractivity contribution in [2.45, 2.75) is 32.5 Å². The van der Waals surface area contributed by atoms with Crippen LogP contribution in [0.2, 0.25) is 0 Å². The van der Waals surface area contributed by atoms with E-state index in [1.165, 1.54) is 4.90 Å². The number of rotatable bonds is 6. The molecule has 0 radical (unpaired) electrons. The van der Waals surface area contributed by atoms with Crippen LogP contribution in [0, 0.1) is 0 Å². The summed E-state index contributed by atoms with van der Waals surface area (Å²) in [5.41, 5.74) is 0.634. The molecular formula is C18H24F3N3O3. The van der Waals surface area contributed by atoms with Crippen molar-refractivity contribution < 1.29 is 27.5 Å². The Kier molecular flexibility index (Phi) is 7.06. The zero-order chi connectivity index (χ0) is 20.0. The second-order valence-electron chi connectivity index (χ2n) is 6.33. The summed E-state index contributed by atoms with van der Waals surface area (Å²) < 4.78 is 42.3. The highest BCUT2D eigenvalue weighted by Gasteiger charge is 2.35. The molecule has 1 N–H and O–H groups in total. The normalized spacial score (nSPS) is 16.7. The molecule has 2 rings (SSSR count). The first-order chi connectivity index (χ1) is 12.7. The summed E-state index contributed by atoms with van der Waals surface area (Å²) in [6, 6.07) is 6.53. The van der Waals surface area contributed by atoms with Gasteiger partial charge in [-0.3, -0.25) is 14.5 Å². The summed E-state index contributed by atoms with van der Waals surface area (Å²) in [6.45, 7) is 5.22. The van der Waals surface area contributed by atoms with Crippen molar-refractivity contribution in [1.29, 1.82) is 0 Å². The maximum Gasteiger partial charge on any atom is 0.397 e. The SMILES string of the molecule is CCOc1ccc(NC(=O)C(C)N2CCN(C(=O)CC(F)(F)F)CC2)cc1. The van der Waals surface area contributed by atoms with E-state index >= 15 is 0 Å². The van der Waals surface area contributed by atoms with Gasteiger partial charge >= 0.3 is 6.18 Å². The molecule has 0 bridgehead atoms. The minimum atomic E-state index is -4.50. The van der Waals surface area contributed by atoms with E-state index in [4.69, 9.17) is 4.74 Å². The lowest BCUT2D eigenvalue weighted by Crippen LogP contribution is -2.54. The largest absolute Gasteiger partial charge is 0.494 e. The van der Waals surface area contributed by atoms with Gasteiger partial charge in [0.1, 0.15) is 12.2 Å². The average molecular weight is 387 g/mol. The lowest BCUT2D eigenvalue weighted by molar-refractivity contribution is -0.162. The van der Waals surface area contributed by atoms with Crippen molar-refractivity contribution in [2.24, 2.45) is 0 Å². The number of carbonyl (C=O) groups excluding carboxylic acids is 2. The highest BCUT2D eigenvalue weighted by Crippen LogP contribution is 2.21. The van der Waals surface area contributed by atoms with Crippen LogP contribution in [0.3, 0.4) is 0 Å². The number of amides is 2. The molecule has 1 aromatic carbocycles. The molecule has 1 aliphatic heterocycles. The minimum absolute atomic E-state index is 0.176. The van der Waals surface area contributed by atoms with Crippen molar-refractivity contribution in [1.82, 2.24) is 9.80 Å². The lowest BCUT2D eigenvalue weighted by atomic mass is 10.2. The lowest BCUT2D eigenvalue weighted by Gasteiger charge is -2.37. The second kappa shape index (κ2) is 9.07. The molecule has 27 heavy (non-hydrogen) atoms. The predicted octanol–water partition coefficient (Wildman–Crippen LogP) is 2.51. The molecule has 0 aromatic heterocycles. The maximum absolute atomic E-state index is 12.4. The van der Waals surface area contributed by atoms with Crippen molar-refractivity contribution in [3.05, 3.63) is 24.3 Å². The first-order valence-electron chi connectivity index (χ1n) is 8.82. The molecule has 1 aromatic rings. The number of ether oxygens (including phenoxy) is 1. The van der Waals surface area contributed by atoms with Crippen LogP contribution in [0.1, 0.15) is 20.3 Å². The quantitative estimate of drug-likeness (QED) is 0.815. The van der Waals surface area contributed by atoms with E-state index in [1.54, 1.807) is 31.2 Å². The molecule has 0 spiro atoms. The van der Waals surface area contributed by atoms with E-state index in [1.807, 2.05) is 11.8 Å². The van der Waals surface area contributed by atoms with Crippen LogP contribution in [0.25, 0.3) is 0 Å².